The second-order valence-corrected chi connectivity index (χ2v) is 6.22. The molecule has 6 nitrogen and oxygen atoms in total. The minimum Gasteiger partial charge on any atom is -0.360 e. The number of nitrogens with zero attached hydrogens (tertiary/aromatic N) is 6. The number of hydrogen-bond acceptors (Lipinski definition) is 4. The van der Waals surface area contributed by atoms with E-state index in [0.717, 1.165) is 28.3 Å². The molecule has 0 bridgehead atoms. The fourth-order valence-corrected chi connectivity index (χ4v) is 2.80. The summed E-state index contributed by atoms with van der Waals surface area (Å²) in [6.45, 7) is 11.5. The first-order chi connectivity index (χ1) is 12.7. The van der Waals surface area contributed by atoms with E-state index in [2.05, 4.69) is 33.8 Å². The molecule has 126 valence electrons. The normalized spacial score (nSPS) is 11.0. The molecule has 0 N–H and O–H groups in total. The van der Waals surface area contributed by atoms with Crippen LogP contribution in [0, 0.1) is 6.57 Å². The zero-order valence-corrected chi connectivity index (χ0v) is 14.5. The van der Waals surface area contributed by atoms with Gasteiger partial charge < -0.3 is 4.85 Å². The topological polar surface area (TPSA) is 60.3 Å². The van der Waals surface area contributed by atoms with E-state index in [0.29, 0.717) is 17.4 Å². The van der Waals surface area contributed by atoms with Crippen LogP contribution in [0.15, 0.2) is 54.9 Å². The quantitative estimate of drug-likeness (QED) is 0.514. The van der Waals surface area contributed by atoms with Gasteiger partial charge in [-0.15, -0.1) is 4.52 Å². The molecular formula is C20H16N6. The van der Waals surface area contributed by atoms with Gasteiger partial charge in [-0.1, -0.05) is 31.6 Å². The SMILES string of the molecule is [C-]#[N+]c1cnc2ccc(-c3cccnc3-c3cccc(C(C)C)n3)nn12. The summed E-state index contributed by atoms with van der Waals surface area (Å²) >= 11 is 0. The Bertz CT molecular complexity index is 1140. The summed E-state index contributed by atoms with van der Waals surface area (Å²) in [7, 11) is 0. The third-order valence-electron chi connectivity index (χ3n) is 4.15. The lowest BCUT2D eigenvalue weighted by atomic mass is 10.1. The van der Waals surface area contributed by atoms with Gasteiger partial charge in [0.15, 0.2) is 0 Å². The first kappa shape index (κ1) is 15.9. The lowest BCUT2D eigenvalue weighted by Crippen LogP contribution is -1.99. The van der Waals surface area contributed by atoms with Gasteiger partial charge in [0.2, 0.25) is 5.65 Å². The van der Waals surface area contributed by atoms with Gasteiger partial charge in [0.25, 0.3) is 5.82 Å². The Morgan fingerprint density at radius 1 is 1.00 bits per heavy atom. The number of pyridine rings is 2. The fraction of sp³-hybridized carbons (Fsp3) is 0.150. The van der Waals surface area contributed by atoms with Crippen LogP contribution in [0.3, 0.4) is 0 Å². The molecule has 0 saturated heterocycles. The van der Waals surface area contributed by atoms with Crippen molar-refractivity contribution in [1.29, 1.82) is 0 Å². The van der Waals surface area contributed by atoms with E-state index < -0.39 is 0 Å². The largest absolute Gasteiger partial charge is 0.360 e. The monoisotopic (exact) mass is 340 g/mol. The van der Waals surface area contributed by atoms with E-state index in [9.17, 15) is 0 Å². The van der Waals surface area contributed by atoms with E-state index in [1.807, 2.05) is 42.5 Å². The lowest BCUT2D eigenvalue weighted by molar-refractivity contribution is 0.824. The van der Waals surface area contributed by atoms with Crippen molar-refractivity contribution in [3.05, 3.63) is 72.0 Å². The predicted molar refractivity (Wildman–Crippen MR) is 99.8 cm³/mol. The molecule has 6 heteroatoms. The van der Waals surface area contributed by atoms with Gasteiger partial charge in [0.05, 0.1) is 17.6 Å². The highest BCUT2D eigenvalue weighted by Gasteiger charge is 2.15. The van der Waals surface area contributed by atoms with Crippen LogP contribution in [0.5, 0.6) is 0 Å². The van der Waals surface area contributed by atoms with Crippen molar-refractivity contribution in [2.75, 3.05) is 0 Å². The predicted octanol–water partition coefficient (Wildman–Crippen LogP) is 4.53. The molecule has 0 aliphatic carbocycles. The van der Waals surface area contributed by atoms with Crippen LogP contribution < -0.4 is 0 Å². The van der Waals surface area contributed by atoms with Crippen molar-refractivity contribution >= 4 is 11.5 Å². The number of fused-ring (bicyclic) bond motifs is 1. The van der Waals surface area contributed by atoms with Gasteiger partial charge in [-0.25, -0.2) is 4.98 Å². The van der Waals surface area contributed by atoms with Gasteiger partial charge in [-0.2, -0.15) is 0 Å². The summed E-state index contributed by atoms with van der Waals surface area (Å²) in [5, 5.41) is 4.59. The molecule has 0 aromatic carbocycles. The second-order valence-electron chi connectivity index (χ2n) is 6.22. The molecule has 0 aliphatic rings. The van der Waals surface area contributed by atoms with E-state index in [1.54, 1.807) is 10.7 Å². The van der Waals surface area contributed by atoms with Gasteiger partial charge in [-0.3, -0.25) is 9.97 Å². The Hall–Kier alpha value is -3.59. The molecule has 0 spiro atoms. The fourth-order valence-electron chi connectivity index (χ4n) is 2.80. The van der Waals surface area contributed by atoms with E-state index in [-0.39, 0.29) is 0 Å². The molecule has 0 radical (unpaired) electrons. The summed E-state index contributed by atoms with van der Waals surface area (Å²) < 4.78 is 1.55. The molecule has 0 amide bonds. The Morgan fingerprint density at radius 2 is 1.88 bits per heavy atom. The highest BCUT2D eigenvalue weighted by molar-refractivity contribution is 5.77. The van der Waals surface area contributed by atoms with Gasteiger partial charge in [0.1, 0.15) is 5.69 Å². The van der Waals surface area contributed by atoms with Crippen LogP contribution in [-0.2, 0) is 0 Å². The van der Waals surface area contributed by atoms with Crippen LogP contribution in [0.2, 0.25) is 0 Å². The first-order valence-electron chi connectivity index (χ1n) is 8.32. The molecule has 0 saturated carbocycles. The lowest BCUT2D eigenvalue weighted by Gasteiger charge is -2.10. The Balaban J connectivity index is 1.89. The standard InChI is InChI=1S/C20H16N6/c1-13(2)15-7-4-8-17(24-15)20-14(6-5-11-22-20)16-9-10-18-23-12-19(21-3)26(18)25-16/h4-13H,1-2H3. The maximum Gasteiger partial charge on any atom is 0.275 e. The van der Waals surface area contributed by atoms with Crippen molar-refractivity contribution < 1.29 is 0 Å². The zero-order valence-electron chi connectivity index (χ0n) is 14.5. The molecule has 4 rings (SSSR count). The first-order valence-corrected chi connectivity index (χ1v) is 8.32. The minimum atomic E-state index is 0.337. The van der Waals surface area contributed by atoms with Crippen LogP contribution in [-0.4, -0.2) is 24.6 Å². The second kappa shape index (κ2) is 6.37. The summed E-state index contributed by atoms with van der Waals surface area (Å²) in [6, 6.07) is 13.6. The summed E-state index contributed by atoms with van der Waals surface area (Å²) in [5.41, 5.74) is 4.83. The maximum absolute atomic E-state index is 7.26. The highest BCUT2D eigenvalue weighted by atomic mass is 15.3. The van der Waals surface area contributed by atoms with E-state index in [1.165, 1.54) is 6.20 Å². The summed E-state index contributed by atoms with van der Waals surface area (Å²) in [5.74, 6) is 0.719. The van der Waals surface area contributed by atoms with Crippen molar-refractivity contribution in [2.24, 2.45) is 0 Å². The molecule has 0 aliphatic heterocycles. The van der Waals surface area contributed by atoms with Crippen LogP contribution in [0.1, 0.15) is 25.5 Å². The molecule has 4 heterocycles. The number of imidazole rings is 1. The zero-order chi connectivity index (χ0) is 18.1. The van der Waals surface area contributed by atoms with Crippen molar-refractivity contribution in [3.63, 3.8) is 0 Å². The van der Waals surface area contributed by atoms with Crippen molar-refractivity contribution in [2.45, 2.75) is 19.8 Å². The highest BCUT2D eigenvalue weighted by Crippen LogP contribution is 2.29. The molecule has 0 unspecified atom stereocenters. The molecule has 4 aromatic heterocycles. The van der Waals surface area contributed by atoms with Gasteiger partial charge in [0, 0.05) is 23.5 Å². The number of hydrogen-bond donors (Lipinski definition) is 0. The van der Waals surface area contributed by atoms with Crippen molar-refractivity contribution in [3.8, 4) is 22.6 Å². The van der Waals surface area contributed by atoms with Crippen LogP contribution in [0.25, 0.3) is 33.1 Å². The van der Waals surface area contributed by atoms with Crippen LogP contribution in [0.4, 0.5) is 5.82 Å². The molecule has 26 heavy (non-hydrogen) atoms. The average Bonchev–Trinajstić information content (AvgIpc) is 3.10. The third kappa shape index (κ3) is 2.70. The Kier molecular flexibility index (Phi) is 3.90. The molecule has 0 fully saturated rings. The van der Waals surface area contributed by atoms with Crippen molar-refractivity contribution in [1.82, 2.24) is 24.6 Å². The molecular weight excluding hydrogens is 324 g/mol. The number of aromatic nitrogens is 5. The average molecular weight is 340 g/mol. The molecule has 0 atom stereocenters. The third-order valence-corrected chi connectivity index (χ3v) is 4.15. The molecule has 4 aromatic rings. The Morgan fingerprint density at radius 3 is 2.69 bits per heavy atom. The van der Waals surface area contributed by atoms with Gasteiger partial charge in [-0.05, 0) is 36.2 Å². The maximum atomic E-state index is 7.26. The number of rotatable bonds is 3. The summed E-state index contributed by atoms with van der Waals surface area (Å²) in [6.07, 6.45) is 3.28. The van der Waals surface area contributed by atoms with E-state index >= 15 is 0 Å². The summed E-state index contributed by atoms with van der Waals surface area (Å²) in [4.78, 5) is 17.0. The smallest absolute Gasteiger partial charge is 0.275 e. The van der Waals surface area contributed by atoms with Crippen LogP contribution >= 0.6 is 0 Å². The van der Waals surface area contributed by atoms with Gasteiger partial charge >= 0.3 is 0 Å². The van der Waals surface area contributed by atoms with E-state index in [4.69, 9.17) is 11.6 Å². The minimum absolute atomic E-state index is 0.337. The Labute approximate surface area is 151 Å².